The van der Waals surface area contributed by atoms with Crippen LogP contribution in [-0.4, -0.2) is 104 Å². The van der Waals surface area contributed by atoms with Gasteiger partial charge in [0.2, 0.25) is 27.7 Å². The number of ether oxygens (including phenoxy) is 4. The van der Waals surface area contributed by atoms with Crippen LogP contribution < -0.4 is 24.8 Å². The molecule has 2 aliphatic heterocycles. The third-order valence-corrected chi connectivity index (χ3v) is 11.2. The average molecular weight is 728 g/mol. The number of nitrogens with zero attached hydrogens (tertiary/aromatic N) is 2. The maximum atomic E-state index is 14.3. The Balaban J connectivity index is 1.30. The molecule has 2 aliphatic carbocycles. The highest BCUT2D eigenvalue weighted by Gasteiger charge is 2.62. The SMILES string of the molecule is COc1ccc2c(OC3C[C@H]4C(=O)N[C@]5(C(=O)NS(=O)(=O)C6CC6)C[C@H]5/C=C\COCCC[C@H](NC(=O)OC(C)(C)C)C(=O)N4C3)nccc2c1. The zero-order valence-corrected chi connectivity index (χ0v) is 30.0. The first-order chi connectivity index (χ1) is 24.2. The largest absolute Gasteiger partial charge is 0.497 e. The molecule has 6 rings (SSSR count). The van der Waals surface area contributed by atoms with Gasteiger partial charge in [-0.15, -0.1) is 0 Å². The number of rotatable bonds is 7. The van der Waals surface area contributed by atoms with Gasteiger partial charge in [-0.1, -0.05) is 12.2 Å². The first-order valence-corrected chi connectivity index (χ1v) is 18.8. The molecule has 5 atom stereocenters. The second-order valence-corrected chi connectivity index (χ2v) is 16.4. The van der Waals surface area contributed by atoms with Crippen LogP contribution in [0.2, 0.25) is 0 Å². The highest BCUT2D eigenvalue weighted by Crippen LogP contribution is 2.46. The van der Waals surface area contributed by atoms with Gasteiger partial charge in [0.15, 0.2) is 0 Å². The van der Waals surface area contributed by atoms with Crippen molar-refractivity contribution in [2.45, 2.75) is 93.9 Å². The van der Waals surface area contributed by atoms with Crippen molar-refractivity contribution < 1.29 is 46.5 Å². The molecule has 0 bridgehead atoms. The minimum absolute atomic E-state index is 0.0344. The molecular weight excluding hydrogens is 682 g/mol. The van der Waals surface area contributed by atoms with Crippen LogP contribution in [0.3, 0.4) is 0 Å². The van der Waals surface area contributed by atoms with Crippen molar-refractivity contribution in [3.8, 4) is 11.6 Å². The molecule has 3 N–H and O–H groups in total. The van der Waals surface area contributed by atoms with Gasteiger partial charge >= 0.3 is 6.09 Å². The number of methoxy groups -OCH3 is 1. The number of sulfonamides is 1. The summed E-state index contributed by atoms with van der Waals surface area (Å²) in [6, 6.07) is 5.03. The first kappa shape index (κ1) is 36.4. The van der Waals surface area contributed by atoms with Crippen LogP contribution in [0.15, 0.2) is 42.6 Å². The summed E-state index contributed by atoms with van der Waals surface area (Å²) in [4.78, 5) is 60.9. The maximum Gasteiger partial charge on any atom is 0.408 e. The molecule has 1 aromatic heterocycles. The van der Waals surface area contributed by atoms with E-state index >= 15 is 0 Å². The first-order valence-electron chi connectivity index (χ1n) is 17.2. The normalized spacial score (nSPS) is 27.9. The molecule has 15 nitrogen and oxygen atoms in total. The lowest BCUT2D eigenvalue weighted by Gasteiger charge is -2.30. The highest BCUT2D eigenvalue weighted by molar-refractivity contribution is 7.91. The Morgan fingerprint density at radius 3 is 2.65 bits per heavy atom. The van der Waals surface area contributed by atoms with Crippen LogP contribution in [0.5, 0.6) is 11.6 Å². The Morgan fingerprint density at radius 1 is 1.14 bits per heavy atom. The van der Waals surface area contributed by atoms with E-state index < -0.39 is 74.3 Å². The Kier molecular flexibility index (Phi) is 10.2. The van der Waals surface area contributed by atoms with Crippen LogP contribution in [-0.2, 0) is 33.9 Å². The van der Waals surface area contributed by atoms with Crippen molar-refractivity contribution in [2.24, 2.45) is 5.92 Å². The fourth-order valence-corrected chi connectivity index (χ4v) is 7.88. The molecule has 1 aromatic carbocycles. The number of pyridine rings is 1. The average Bonchev–Trinajstić information content (AvgIpc) is 3.99. The molecule has 0 spiro atoms. The lowest BCUT2D eigenvalue weighted by atomic mass is 10.1. The smallest absolute Gasteiger partial charge is 0.408 e. The van der Waals surface area contributed by atoms with Gasteiger partial charge in [0.1, 0.15) is 35.1 Å². The molecule has 2 aromatic rings. The standard InChI is InChI=1S/C35H45N5O10S/c1-34(2,3)50-33(44)37-27-8-6-16-48-15-5-7-22-19-35(22,32(43)39-51(45,46)25-10-11-25)38-29(41)28-18-24(20-40(28)31(27)42)49-30-26-12-9-23(47-4)17-21(26)13-14-36-30/h5,7,9,12-14,17,22,24-25,27-28H,6,8,10-11,15-16,18-20H2,1-4H3,(H,37,44)(H,38,41)(H,39,43)/b7-5-/t22-,24?,27+,28+,35-/m1/s1. The Bertz CT molecular complexity index is 1820. The number of benzene rings is 1. The number of carbonyl (C=O) groups is 4. The number of hydrogen-bond acceptors (Lipinski definition) is 11. The van der Waals surface area contributed by atoms with E-state index in [0.717, 1.165) is 5.39 Å². The Labute approximate surface area is 296 Å². The van der Waals surface area contributed by atoms with Crippen molar-refractivity contribution in [1.29, 1.82) is 0 Å². The van der Waals surface area contributed by atoms with Gasteiger partial charge in [-0.05, 0) is 82.5 Å². The van der Waals surface area contributed by atoms with Crippen molar-refractivity contribution in [2.75, 3.05) is 26.9 Å². The third kappa shape index (κ3) is 8.38. The van der Waals surface area contributed by atoms with E-state index in [1.165, 1.54) is 4.90 Å². The summed E-state index contributed by atoms with van der Waals surface area (Å²) in [5.41, 5.74) is -2.37. The van der Waals surface area contributed by atoms with Gasteiger partial charge in [-0.3, -0.25) is 19.1 Å². The van der Waals surface area contributed by atoms with Gasteiger partial charge in [0.25, 0.3) is 5.91 Å². The van der Waals surface area contributed by atoms with Gasteiger partial charge in [-0.2, -0.15) is 0 Å². The third-order valence-electron chi connectivity index (χ3n) is 9.38. The maximum absolute atomic E-state index is 14.3. The summed E-state index contributed by atoms with van der Waals surface area (Å²) in [6.07, 6.45) is 5.26. The zero-order valence-electron chi connectivity index (χ0n) is 29.2. The molecule has 4 aliphatic rings. The van der Waals surface area contributed by atoms with Crippen LogP contribution in [0.1, 0.15) is 59.3 Å². The minimum atomic E-state index is -3.91. The van der Waals surface area contributed by atoms with Crippen LogP contribution in [0.4, 0.5) is 4.79 Å². The predicted octanol–water partition coefficient (Wildman–Crippen LogP) is 2.33. The van der Waals surface area contributed by atoms with E-state index in [2.05, 4.69) is 20.3 Å². The molecule has 1 unspecified atom stereocenters. The predicted molar refractivity (Wildman–Crippen MR) is 184 cm³/mol. The lowest BCUT2D eigenvalue weighted by Crippen LogP contribution is -2.58. The molecule has 1 saturated heterocycles. The molecule has 3 fully saturated rings. The molecular formula is C35H45N5O10S. The summed E-state index contributed by atoms with van der Waals surface area (Å²) in [6.45, 7) is 5.55. The summed E-state index contributed by atoms with van der Waals surface area (Å²) >= 11 is 0. The zero-order chi connectivity index (χ0) is 36.6. The Hall–Kier alpha value is -4.44. The minimum Gasteiger partial charge on any atom is -0.497 e. The van der Waals surface area contributed by atoms with Gasteiger partial charge in [0, 0.05) is 30.5 Å². The van der Waals surface area contributed by atoms with Crippen LogP contribution in [0, 0.1) is 5.92 Å². The molecule has 2 saturated carbocycles. The fraction of sp³-hybridized carbons (Fsp3) is 0.571. The number of fused-ring (bicyclic) bond motifs is 3. The molecule has 3 heterocycles. The van der Waals surface area contributed by atoms with E-state index in [0.29, 0.717) is 36.3 Å². The topological polar surface area (TPSA) is 192 Å². The molecule has 4 amide bonds. The van der Waals surface area contributed by atoms with Gasteiger partial charge < -0.3 is 34.5 Å². The number of amides is 4. The number of alkyl carbamates (subject to hydrolysis) is 1. The fourth-order valence-electron chi connectivity index (χ4n) is 6.52. The van der Waals surface area contributed by atoms with Crippen molar-refractivity contribution in [3.05, 3.63) is 42.6 Å². The number of nitrogens with one attached hydrogen (secondary N) is 3. The quantitative estimate of drug-likeness (QED) is 0.355. The second-order valence-electron chi connectivity index (χ2n) is 14.5. The van der Waals surface area contributed by atoms with Crippen LogP contribution in [0.25, 0.3) is 10.8 Å². The number of hydrogen-bond donors (Lipinski definition) is 3. The van der Waals surface area contributed by atoms with Crippen molar-refractivity contribution >= 4 is 44.6 Å². The second kappa shape index (κ2) is 14.3. The van der Waals surface area contributed by atoms with Crippen molar-refractivity contribution in [3.63, 3.8) is 0 Å². The van der Waals surface area contributed by atoms with E-state index in [4.69, 9.17) is 18.9 Å². The Morgan fingerprint density at radius 2 is 1.92 bits per heavy atom. The number of aromatic nitrogens is 1. The molecule has 276 valence electrons. The number of carbonyl (C=O) groups excluding carboxylic acids is 4. The summed E-state index contributed by atoms with van der Waals surface area (Å²) < 4.78 is 50.6. The van der Waals surface area contributed by atoms with E-state index in [9.17, 15) is 27.6 Å². The van der Waals surface area contributed by atoms with E-state index in [1.54, 1.807) is 52.3 Å². The molecule has 0 radical (unpaired) electrons. The van der Waals surface area contributed by atoms with Gasteiger partial charge in [-0.25, -0.2) is 18.2 Å². The van der Waals surface area contributed by atoms with Crippen molar-refractivity contribution in [1.82, 2.24) is 25.2 Å². The summed E-state index contributed by atoms with van der Waals surface area (Å²) in [5.74, 6) is -1.57. The lowest BCUT2D eigenvalue weighted by molar-refractivity contribution is -0.141. The van der Waals surface area contributed by atoms with Crippen LogP contribution >= 0.6 is 0 Å². The monoisotopic (exact) mass is 727 g/mol. The highest BCUT2D eigenvalue weighted by atomic mass is 32.2. The molecule has 51 heavy (non-hydrogen) atoms. The summed E-state index contributed by atoms with van der Waals surface area (Å²) in [5, 5.41) is 6.37. The van der Waals surface area contributed by atoms with E-state index in [-0.39, 0.29) is 39.0 Å². The summed E-state index contributed by atoms with van der Waals surface area (Å²) in [7, 11) is -2.34. The van der Waals surface area contributed by atoms with E-state index in [1.807, 2.05) is 18.2 Å². The van der Waals surface area contributed by atoms with Gasteiger partial charge in [0.05, 0.1) is 25.5 Å². The molecule has 16 heteroatoms.